The molecular weight excluding hydrogens is 245 g/mol. The minimum Gasteiger partial charge on any atom is -0.456 e. The smallest absolute Gasteiger partial charge is 0.169 e. The van der Waals surface area contributed by atoms with Gasteiger partial charge < -0.3 is 14.5 Å². The number of hydrogen-bond acceptors (Lipinski definition) is 3. The number of furan rings is 1. The van der Waals surface area contributed by atoms with Gasteiger partial charge in [0.15, 0.2) is 11.4 Å². The zero-order valence-electron chi connectivity index (χ0n) is 11.6. The molecule has 19 heavy (non-hydrogen) atoms. The Labute approximate surface area is 112 Å². The molecule has 104 valence electrons. The lowest BCUT2D eigenvalue weighted by Crippen LogP contribution is -2.18. The van der Waals surface area contributed by atoms with Crippen LogP contribution in [0.25, 0.3) is 11.0 Å². The number of fused-ring (bicyclic) bond motifs is 1. The van der Waals surface area contributed by atoms with E-state index in [0.29, 0.717) is 5.58 Å². The highest BCUT2D eigenvalue weighted by atomic mass is 19.1. The van der Waals surface area contributed by atoms with Gasteiger partial charge in [0, 0.05) is 12.5 Å². The lowest BCUT2D eigenvalue weighted by Gasteiger charge is -2.16. The summed E-state index contributed by atoms with van der Waals surface area (Å²) in [5, 5.41) is 4.01. The third kappa shape index (κ3) is 3.14. The number of nitrogens with one attached hydrogen (secondary N) is 1. The van der Waals surface area contributed by atoms with Crippen molar-refractivity contribution in [2.24, 2.45) is 0 Å². The first kappa shape index (κ1) is 14.0. The highest BCUT2D eigenvalue weighted by molar-refractivity contribution is 5.78. The van der Waals surface area contributed by atoms with E-state index < -0.39 is 0 Å². The summed E-state index contributed by atoms with van der Waals surface area (Å²) >= 11 is 0. The standard InChI is InChI=1S/C15H20FNO2/c1-10(18-3)7-8-13(17-2)14-9-11-5-4-6-12(16)15(11)19-14/h4-6,9-10,13,17H,7-8H2,1-3H3. The first-order chi connectivity index (χ1) is 9.15. The second-order valence-electron chi connectivity index (χ2n) is 4.77. The molecule has 0 saturated carbocycles. The highest BCUT2D eigenvalue weighted by Gasteiger charge is 2.17. The molecule has 0 aliphatic carbocycles. The molecule has 2 atom stereocenters. The van der Waals surface area contributed by atoms with Crippen LogP contribution < -0.4 is 5.32 Å². The minimum absolute atomic E-state index is 0.0735. The van der Waals surface area contributed by atoms with Crippen LogP contribution in [0.1, 0.15) is 31.6 Å². The molecule has 2 rings (SSSR count). The molecule has 0 saturated heterocycles. The van der Waals surface area contributed by atoms with Crippen LogP contribution in [0.5, 0.6) is 0 Å². The van der Waals surface area contributed by atoms with Crippen molar-refractivity contribution < 1.29 is 13.5 Å². The maximum Gasteiger partial charge on any atom is 0.169 e. The van der Waals surface area contributed by atoms with Crippen molar-refractivity contribution >= 4 is 11.0 Å². The van der Waals surface area contributed by atoms with E-state index in [-0.39, 0.29) is 18.0 Å². The van der Waals surface area contributed by atoms with Crippen LogP contribution >= 0.6 is 0 Å². The number of para-hydroxylation sites is 1. The molecule has 1 aromatic heterocycles. The van der Waals surface area contributed by atoms with Crippen LogP contribution in [0, 0.1) is 5.82 Å². The second-order valence-corrected chi connectivity index (χ2v) is 4.77. The van der Waals surface area contributed by atoms with Gasteiger partial charge in [-0.2, -0.15) is 0 Å². The Bertz CT molecular complexity index is 538. The fraction of sp³-hybridized carbons (Fsp3) is 0.467. The molecular formula is C15H20FNO2. The number of ether oxygens (including phenoxy) is 1. The summed E-state index contributed by atoms with van der Waals surface area (Å²) < 4.78 is 24.5. The van der Waals surface area contributed by atoms with Crippen molar-refractivity contribution in [3.05, 3.63) is 35.8 Å². The molecule has 4 heteroatoms. The number of hydrogen-bond donors (Lipinski definition) is 1. The SMILES string of the molecule is CNC(CCC(C)OC)c1cc2cccc(F)c2o1. The van der Waals surface area contributed by atoms with Crippen LogP contribution in [0.3, 0.4) is 0 Å². The van der Waals surface area contributed by atoms with Crippen LogP contribution in [-0.4, -0.2) is 20.3 Å². The molecule has 0 bridgehead atoms. The van der Waals surface area contributed by atoms with Gasteiger partial charge in [-0.3, -0.25) is 0 Å². The largest absolute Gasteiger partial charge is 0.456 e. The molecule has 3 nitrogen and oxygen atoms in total. The van der Waals surface area contributed by atoms with E-state index in [1.807, 2.05) is 26.1 Å². The van der Waals surface area contributed by atoms with E-state index in [1.54, 1.807) is 13.2 Å². The number of rotatable bonds is 6. The molecule has 2 aromatic rings. The van der Waals surface area contributed by atoms with Crippen molar-refractivity contribution in [1.82, 2.24) is 5.32 Å². The predicted molar refractivity (Wildman–Crippen MR) is 73.7 cm³/mol. The van der Waals surface area contributed by atoms with E-state index in [4.69, 9.17) is 9.15 Å². The lowest BCUT2D eigenvalue weighted by molar-refractivity contribution is 0.105. The van der Waals surface area contributed by atoms with E-state index in [1.165, 1.54) is 6.07 Å². The molecule has 1 N–H and O–H groups in total. The summed E-state index contributed by atoms with van der Waals surface area (Å²) in [4.78, 5) is 0. The van der Waals surface area contributed by atoms with Crippen molar-refractivity contribution in [3.8, 4) is 0 Å². The normalized spacial score (nSPS) is 14.7. The predicted octanol–water partition coefficient (Wildman–Crippen LogP) is 3.65. The lowest BCUT2D eigenvalue weighted by atomic mass is 10.1. The fourth-order valence-corrected chi connectivity index (χ4v) is 2.17. The third-order valence-corrected chi connectivity index (χ3v) is 3.47. The molecule has 1 heterocycles. The Morgan fingerprint density at radius 3 is 2.79 bits per heavy atom. The molecule has 0 spiro atoms. The monoisotopic (exact) mass is 265 g/mol. The van der Waals surface area contributed by atoms with Gasteiger partial charge in [-0.05, 0) is 38.9 Å². The summed E-state index contributed by atoms with van der Waals surface area (Å²) in [6.45, 7) is 2.03. The van der Waals surface area contributed by atoms with E-state index in [0.717, 1.165) is 24.0 Å². The average molecular weight is 265 g/mol. The van der Waals surface area contributed by atoms with E-state index in [2.05, 4.69) is 5.32 Å². The van der Waals surface area contributed by atoms with Crippen molar-refractivity contribution in [3.63, 3.8) is 0 Å². The van der Waals surface area contributed by atoms with Crippen molar-refractivity contribution in [1.29, 1.82) is 0 Å². The number of methoxy groups -OCH3 is 1. The Morgan fingerprint density at radius 1 is 1.37 bits per heavy atom. The maximum absolute atomic E-state index is 13.6. The zero-order valence-corrected chi connectivity index (χ0v) is 11.6. The van der Waals surface area contributed by atoms with Crippen molar-refractivity contribution in [2.75, 3.05) is 14.2 Å². The zero-order chi connectivity index (χ0) is 13.8. The van der Waals surface area contributed by atoms with Gasteiger partial charge in [0.25, 0.3) is 0 Å². The summed E-state index contributed by atoms with van der Waals surface area (Å²) in [7, 11) is 3.58. The number of halogens is 1. The average Bonchev–Trinajstić information content (AvgIpc) is 2.84. The first-order valence-corrected chi connectivity index (χ1v) is 6.53. The first-order valence-electron chi connectivity index (χ1n) is 6.53. The molecule has 0 fully saturated rings. The highest BCUT2D eigenvalue weighted by Crippen LogP contribution is 2.28. The Kier molecular flexibility index (Phi) is 4.56. The molecule has 0 amide bonds. The quantitative estimate of drug-likeness (QED) is 0.865. The Hall–Kier alpha value is -1.39. The second kappa shape index (κ2) is 6.17. The van der Waals surface area contributed by atoms with Crippen LogP contribution in [0.15, 0.2) is 28.7 Å². The Morgan fingerprint density at radius 2 is 2.16 bits per heavy atom. The maximum atomic E-state index is 13.6. The molecule has 2 unspecified atom stereocenters. The molecule has 1 aromatic carbocycles. The van der Waals surface area contributed by atoms with E-state index in [9.17, 15) is 4.39 Å². The van der Waals surface area contributed by atoms with Crippen LogP contribution in [-0.2, 0) is 4.74 Å². The van der Waals surface area contributed by atoms with Gasteiger partial charge >= 0.3 is 0 Å². The summed E-state index contributed by atoms with van der Waals surface area (Å²) in [5.41, 5.74) is 0.331. The fourth-order valence-electron chi connectivity index (χ4n) is 2.17. The van der Waals surface area contributed by atoms with E-state index >= 15 is 0 Å². The minimum atomic E-state index is -0.316. The summed E-state index contributed by atoms with van der Waals surface area (Å²) in [6.07, 6.45) is 2.01. The number of benzene rings is 1. The van der Waals surface area contributed by atoms with Gasteiger partial charge in [0.2, 0.25) is 0 Å². The van der Waals surface area contributed by atoms with Gasteiger partial charge in [0.05, 0.1) is 12.1 Å². The Balaban J connectivity index is 2.18. The van der Waals surface area contributed by atoms with Gasteiger partial charge in [0.1, 0.15) is 5.76 Å². The molecule has 0 aliphatic rings. The van der Waals surface area contributed by atoms with Crippen LogP contribution in [0.4, 0.5) is 4.39 Å². The van der Waals surface area contributed by atoms with Gasteiger partial charge in [-0.25, -0.2) is 4.39 Å². The third-order valence-electron chi connectivity index (χ3n) is 3.47. The van der Waals surface area contributed by atoms with Gasteiger partial charge in [-0.15, -0.1) is 0 Å². The summed E-state index contributed by atoms with van der Waals surface area (Å²) in [5.74, 6) is 0.453. The molecule has 0 radical (unpaired) electrons. The molecule has 0 aliphatic heterocycles. The topological polar surface area (TPSA) is 34.4 Å². The van der Waals surface area contributed by atoms with Crippen LogP contribution in [0.2, 0.25) is 0 Å². The van der Waals surface area contributed by atoms with Gasteiger partial charge in [-0.1, -0.05) is 12.1 Å². The van der Waals surface area contributed by atoms with Crippen molar-refractivity contribution in [2.45, 2.75) is 31.9 Å². The summed E-state index contributed by atoms with van der Waals surface area (Å²) in [6, 6.07) is 6.94.